The van der Waals surface area contributed by atoms with Crippen LogP contribution in [-0.2, 0) is 6.54 Å². The molecule has 0 radical (unpaired) electrons. The molecule has 5 heteroatoms. The maximum atomic E-state index is 8.16. The molecule has 0 amide bonds. The van der Waals surface area contributed by atoms with Gasteiger partial charge >= 0.3 is 0 Å². The summed E-state index contributed by atoms with van der Waals surface area (Å²) in [6, 6.07) is 5.94. The highest BCUT2D eigenvalue weighted by molar-refractivity contribution is 5.03. The highest BCUT2D eigenvalue weighted by Crippen LogP contribution is 2.01. The first-order valence-corrected chi connectivity index (χ1v) is 5.50. The molecule has 0 aliphatic carbocycles. The molecule has 0 bridgehead atoms. The van der Waals surface area contributed by atoms with Crippen LogP contribution in [0.15, 0.2) is 29.5 Å². The number of rotatable bonds is 7. The van der Waals surface area contributed by atoms with E-state index in [4.69, 9.17) is 5.53 Å². The van der Waals surface area contributed by atoms with Gasteiger partial charge in [0.25, 0.3) is 0 Å². The van der Waals surface area contributed by atoms with Crippen LogP contribution in [0.25, 0.3) is 10.4 Å². The Kier molecular flexibility index (Phi) is 5.99. The lowest BCUT2D eigenvalue weighted by atomic mass is 10.3. The minimum absolute atomic E-state index is 0.565. The molecule has 16 heavy (non-hydrogen) atoms. The maximum Gasteiger partial charge on any atom is 0.0543 e. The third-order valence-electron chi connectivity index (χ3n) is 2.35. The summed E-state index contributed by atoms with van der Waals surface area (Å²) >= 11 is 0. The molecular weight excluding hydrogens is 202 g/mol. The summed E-state index contributed by atoms with van der Waals surface area (Å²) in [7, 11) is 0. The van der Waals surface area contributed by atoms with E-state index in [1.165, 1.54) is 0 Å². The molecule has 0 aromatic carbocycles. The van der Waals surface area contributed by atoms with Gasteiger partial charge in [-0.05, 0) is 37.2 Å². The van der Waals surface area contributed by atoms with Gasteiger partial charge in [0.15, 0.2) is 0 Å². The zero-order valence-electron chi connectivity index (χ0n) is 9.58. The highest BCUT2D eigenvalue weighted by atomic mass is 15.1. The van der Waals surface area contributed by atoms with E-state index >= 15 is 0 Å². The number of hydrogen-bond acceptors (Lipinski definition) is 3. The molecule has 1 rings (SSSR count). The van der Waals surface area contributed by atoms with Gasteiger partial charge in [0.05, 0.1) is 5.69 Å². The van der Waals surface area contributed by atoms with Crippen LogP contribution in [-0.4, -0.2) is 29.5 Å². The molecule has 1 heterocycles. The fourth-order valence-corrected chi connectivity index (χ4v) is 1.48. The van der Waals surface area contributed by atoms with Crippen LogP contribution >= 0.6 is 0 Å². The van der Waals surface area contributed by atoms with Crippen molar-refractivity contribution in [3.05, 3.63) is 40.5 Å². The number of pyridine rings is 1. The maximum absolute atomic E-state index is 8.16. The van der Waals surface area contributed by atoms with E-state index < -0.39 is 0 Å². The van der Waals surface area contributed by atoms with Gasteiger partial charge in [0, 0.05) is 24.2 Å². The fraction of sp³-hybridized carbons (Fsp3) is 0.545. The lowest BCUT2D eigenvalue weighted by molar-refractivity contribution is 0.275. The second kappa shape index (κ2) is 7.68. The Bertz CT molecular complexity index is 331. The Hall–Kier alpha value is -1.58. The summed E-state index contributed by atoms with van der Waals surface area (Å²) in [5.74, 6) is 0. The standard InChI is InChI=1S/C11H17N5/c1-2-16(9-5-8-14-15-12)10-11-6-3-4-7-13-11/h3-4,6-7H,2,5,8-10H2,1H3. The van der Waals surface area contributed by atoms with Crippen molar-refractivity contribution in [2.24, 2.45) is 5.11 Å². The summed E-state index contributed by atoms with van der Waals surface area (Å²) in [6.07, 6.45) is 2.70. The molecule has 0 unspecified atom stereocenters. The summed E-state index contributed by atoms with van der Waals surface area (Å²) in [5.41, 5.74) is 9.24. The third kappa shape index (κ3) is 4.77. The van der Waals surface area contributed by atoms with Crippen LogP contribution in [0.1, 0.15) is 19.0 Å². The Morgan fingerprint density at radius 1 is 1.50 bits per heavy atom. The average molecular weight is 219 g/mol. The van der Waals surface area contributed by atoms with Gasteiger partial charge in [0.2, 0.25) is 0 Å². The van der Waals surface area contributed by atoms with Crippen molar-refractivity contribution in [2.75, 3.05) is 19.6 Å². The van der Waals surface area contributed by atoms with Gasteiger partial charge in [-0.1, -0.05) is 18.1 Å². The lowest BCUT2D eigenvalue weighted by Gasteiger charge is -2.19. The molecule has 86 valence electrons. The molecule has 0 fully saturated rings. The Labute approximate surface area is 95.7 Å². The molecule has 0 spiro atoms. The molecular formula is C11H17N5. The fourth-order valence-electron chi connectivity index (χ4n) is 1.48. The van der Waals surface area contributed by atoms with E-state index in [-0.39, 0.29) is 0 Å². The van der Waals surface area contributed by atoms with Gasteiger partial charge in [-0.2, -0.15) is 0 Å². The third-order valence-corrected chi connectivity index (χ3v) is 2.35. The molecule has 1 aromatic rings. The molecule has 1 aromatic heterocycles. The zero-order valence-corrected chi connectivity index (χ0v) is 9.58. The van der Waals surface area contributed by atoms with Gasteiger partial charge in [-0.3, -0.25) is 9.88 Å². The van der Waals surface area contributed by atoms with Crippen LogP contribution in [0.3, 0.4) is 0 Å². The van der Waals surface area contributed by atoms with Crippen molar-refractivity contribution in [1.29, 1.82) is 0 Å². The topological polar surface area (TPSA) is 64.9 Å². The van der Waals surface area contributed by atoms with Crippen molar-refractivity contribution in [1.82, 2.24) is 9.88 Å². The van der Waals surface area contributed by atoms with Crippen LogP contribution < -0.4 is 0 Å². The molecule has 0 aliphatic rings. The molecule has 5 nitrogen and oxygen atoms in total. The predicted octanol–water partition coefficient (Wildman–Crippen LogP) is 2.60. The monoisotopic (exact) mass is 219 g/mol. The minimum Gasteiger partial charge on any atom is -0.298 e. The highest BCUT2D eigenvalue weighted by Gasteiger charge is 2.03. The first-order chi connectivity index (χ1) is 7.86. The second-order valence-electron chi connectivity index (χ2n) is 3.50. The van der Waals surface area contributed by atoms with Crippen molar-refractivity contribution in [3.8, 4) is 0 Å². The average Bonchev–Trinajstić information content (AvgIpc) is 2.34. The Morgan fingerprint density at radius 3 is 3.00 bits per heavy atom. The van der Waals surface area contributed by atoms with Gasteiger partial charge in [0.1, 0.15) is 0 Å². The number of nitrogens with zero attached hydrogens (tertiary/aromatic N) is 5. The molecule has 0 saturated carbocycles. The molecule has 0 saturated heterocycles. The van der Waals surface area contributed by atoms with E-state index in [1.807, 2.05) is 24.4 Å². The predicted molar refractivity (Wildman–Crippen MR) is 63.8 cm³/mol. The van der Waals surface area contributed by atoms with Crippen LogP contribution in [0.4, 0.5) is 0 Å². The number of hydrogen-bond donors (Lipinski definition) is 0. The Morgan fingerprint density at radius 2 is 2.38 bits per heavy atom. The SMILES string of the molecule is CCN(CCCN=[N+]=[N-])Cc1ccccn1. The first kappa shape index (κ1) is 12.5. The molecule has 0 atom stereocenters. The summed E-state index contributed by atoms with van der Waals surface area (Å²) in [4.78, 5) is 9.31. The van der Waals surface area contributed by atoms with Gasteiger partial charge in [-0.25, -0.2) is 0 Å². The van der Waals surface area contributed by atoms with Crippen LogP contribution in [0.5, 0.6) is 0 Å². The van der Waals surface area contributed by atoms with Crippen molar-refractivity contribution in [2.45, 2.75) is 19.9 Å². The number of aromatic nitrogens is 1. The summed E-state index contributed by atoms with van der Waals surface area (Å²) in [5, 5.41) is 3.52. The lowest BCUT2D eigenvalue weighted by Crippen LogP contribution is -2.24. The normalized spacial score (nSPS) is 10.1. The van der Waals surface area contributed by atoms with E-state index in [1.54, 1.807) is 0 Å². The van der Waals surface area contributed by atoms with E-state index in [2.05, 4.69) is 26.8 Å². The largest absolute Gasteiger partial charge is 0.298 e. The van der Waals surface area contributed by atoms with Crippen molar-refractivity contribution >= 4 is 0 Å². The van der Waals surface area contributed by atoms with Crippen molar-refractivity contribution in [3.63, 3.8) is 0 Å². The van der Waals surface area contributed by atoms with E-state index in [9.17, 15) is 0 Å². The van der Waals surface area contributed by atoms with Gasteiger partial charge < -0.3 is 0 Å². The summed E-state index contributed by atoms with van der Waals surface area (Å²) in [6.45, 7) is 5.46. The van der Waals surface area contributed by atoms with Crippen LogP contribution in [0.2, 0.25) is 0 Å². The molecule has 0 aliphatic heterocycles. The quantitative estimate of drug-likeness (QED) is 0.306. The van der Waals surface area contributed by atoms with Gasteiger partial charge in [-0.15, -0.1) is 0 Å². The zero-order chi connectivity index (χ0) is 11.6. The second-order valence-corrected chi connectivity index (χ2v) is 3.50. The summed E-state index contributed by atoms with van der Waals surface area (Å²) < 4.78 is 0. The first-order valence-electron chi connectivity index (χ1n) is 5.50. The Balaban J connectivity index is 2.34. The van der Waals surface area contributed by atoms with E-state index in [0.717, 1.165) is 31.7 Å². The van der Waals surface area contributed by atoms with E-state index in [0.29, 0.717) is 6.54 Å². The molecule has 0 N–H and O–H groups in total. The minimum atomic E-state index is 0.565. The smallest absolute Gasteiger partial charge is 0.0543 e. The van der Waals surface area contributed by atoms with Crippen molar-refractivity contribution < 1.29 is 0 Å². The van der Waals surface area contributed by atoms with Crippen LogP contribution in [0, 0.1) is 0 Å². The number of azide groups is 1.